The fourth-order valence-electron chi connectivity index (χ4n) is 1.57. The Kier molecular flexibility index (Phi) is 8.54. The number of methoxy groups -OCH3 is 1. The number of benzene rings is 1. The van der Waals surface area contributed by atoms with E-state index in [2.05, 4.69) is 15.8 Å². The first-order valence-corrected chi connectivity index (χ1v) is 7.08. The van der Waals surface area contributed by atoms with Crippen LogP contribution in [0.4, 0.5) is 0 Å². The van der Waals surface area contributed by atoms with Crippen LogP contribution in [-0.4, -0.2) is 56.0 Å². The summed E-state index contributed by atoms with van der Waals surface area (Å²) in [6.45, 7) is 0.296. The quantitative estimate of drug-likeness (QED) is 0.247. The minimum atomic E-state index is -1.11. The van der Waals surface area contributed by atoms with Crippen LogP contribution in [0.25, 0.3) is 0 Å². The van der Waals surface area contributed by atoms with Gasteiger partial charge >= 0.3 is 17.8 Å². The first kappa shape index (κ1) is 19.1. The second kappa shape index (κ2) is 10.7. The third-order valence-corrected chi connectivity index (χ3v) is 2.66. The van der Waals surface area contributed by atoms with Crippen LogP contribution in [0.2, 0.25) is 0 Å². The van der Waals surface area contributed by atoms with E-state index in [9.17, 15) is 14.4 Å². The van der Waals surface area contributed by atoms with Crippen molar-refractivity contribution in [1.29, 1.82) is 0 Å². The monoisotopic (exact) mass is 337 g/mol. The fourth-order valence-corrected chi connectivity index (χ4v) is 1.57. The molecule has 0 heterocycles. The summed E-state index contributed by atoms with van der Waals surface area (Å²) in [5, 5.41) is 14.7. The lowest BCUT2D eigenvalue weighted by atomic mass is 10.2. The zero-order valence-electron chi connectivity index (χ0n) is 13.2. The van der Waals surface area contributed by atoms with E-state index in [1.165, 1.54) is 6.21 Å². The number of carboxylic acid groups (broad SMARTS) is 1. The molecule has 2 amide bonds. The number of aliphatic carboxylic acids is 1. The maximum atomic E-state index is 11.5. The van der Waals surface area contributed by atoms with Gasteiger partial charge in [-0.15, -0.1) is 0 Å². The molecule has 9 nitrogen and oxygen atoms in total. The van der Waals surface area contributed by atoms with Crippen molar-refractivity contribution in [3.63, 3.8) is 0 Å². The molecule has 0 atom stereocenters. The van der Waals surface area contributed by atoms with Gasteiger partial charge in [0.05, 0.1) is 6.21 Å². The third kappa shape index (κ3) is 7.36. The predicted molar refractivity (Wildman–Crippen MR) is 84.8 cm³/mol. The summed E-state index contributed by atoms with van der Waals surface area (Å²) in [7, 11) is 1.54. The molecular weight excluding hydrogens is 318 g/mol. The first-order valence-electron chi connectivity index (χ1n) is 7.08. The highest BCUT2D eigenvalue weighted by molar-refractivity contribution is 6.35. The van der Waals surface area contributed by atoms with Crippen molar-refractivity contribution in [1.82, 2.24) is 10.7 Å². The molecule has 1 aromatic carbocycles. The number of hydrogen-bond donors (Lipinski definition) is 3. The van der Waals surface area contributed by atoms with Crippen molar-refractivity contribution in [3.05, 3.63) is 29.8 Å². The normalized spacial score (nSPS) is 10.4. The molecule has 0 aliphatic heterocycles. The van der Waals surface area contributed by atoms with E-state index in [-0.39, 0.29) is 0 Å². The molecule has 0 radical (unpaired) electrons. The number of rotatable bonds is 9. The highest BCUT2D eigenvalue weighted by Crippen LogP contribution is 2.15. The van der Waals surface area contributed by atoms with Gasteiger partial charge in [-0.2, -0.15) is 5.10 Å². The highest BCUT2D eigenvalue weighted by Gasteiger charge is 2.11. The molecule has 0 aliphatic carbocycles. The molecule has 0 saturated carbocycles. The maximum absolute atomic E-state index is 11.5. The van der Waals surface area contributed by atoms with E-state index in [1.807, 2.05) is 0 Å². The zero-order chi connectivity index (χ0) is 17.8. The number of amides is 2. The van der Waals surface area contributed by atoms with Gasteiger partial charge in [0.25, 0.3) is 0 Å². The molecule has 130 valence electrons. The largest absolute Gasteiger partial charge is 0.481 e. The van der Waals surface area contributed by atoms with Gasteiger partial charge in [-0.3, -0.25) is 9.59 Å². The molecule has 0 aromatic heterocycles. The molecule has 1 aromatic rings. The number of ether oxygens (including phenoxy) is 2. The zero-order valence-corrected chi connectivity index (χ0v) is 13.2. The van der Waals surface area contributed by atoms with Crippen molar-refractivity contribution in [2.45, 2.75) is 6.42 Å². The minimum absolute atomic E-state index is 0.293. The van der Waals surface area contributed by atoms with Crippen LogP contribution in [0.15, 0.2) is 29.4 Å². The molecule has 0 saturated heterocycles. The lowest BCUT2D eigenvalue weighted by Crippen LogP contribution is -2.38. The van der Waals surface area contributed by atoms with Gasteiger partial charge in [0.15, 0.2) is 6.61 Å². The predicted octanol–water partition coefficient (Wildman–Crippen LogP) is -0.247. The van der Waals surface area contributed by atoms with E-state index >= 15 is 0 Å². The molecule has 0 aliphatic rings. The van der Waals surface area contributed by atoms with Gasteiger partial charge in [0.2, 0.25) is 0 Å². The third-order valence-electron chi connectivity index (χ3n) is 2.66. The molecule has 24 heavy (non-hydrogen) atoms. The van der Waals surface area contributed by atoms with Crippen LogP contribution in [-0.2, 0) is 19.1 Å². The number of carbonyl (C=O) groups excluding carboxylic acids is 2. The number of para-hydroxylation sites is 1. The highest BCUT2D eigenvalue weighted by atomic mass is 16.5. The average Bonchev–Trinajstić information content (AvgIpc) is 2.57. The molecule has 0 bridgehead atoms. The van der Waals surface area contributed by atoms with E-state index in [0.29, 0.717) is 30.9 Å². The van der Waals surface area contributed by atoms with Crippen LogP contribution in [0, 0.1) is 0 Å². The Morgan fingerprint density at radius 3 is 2.71 bits per heavy atom. The summed E-state index contributed by atoms with van der Waals surface area (Å²) in [4.78, 5) is 33.5. The second-order valence-electron chi connectivity index (χ2n) is 4.52. The Hall–Kier alpha value is -2.94. The van der Waals surface area contributed by atoms with Gasteiger partial charge in [-0.05, 0) is 18.6 Å². The molecule has 1 rings (SSSR count). The molecule has 9 heteroatoms. The van der Waals surface area contributed by atoms with E-state index in [1.54, 1.807) is 31.4 Å². The SMILES string of the molecule is COCCCNC(=O)C(=O)N/N=C\c1ccccc1OCC(=O)O. The Labute approximate surface area is 138 Å². The van der Waals surface area contributed by atoms with E-state index < -0.39 is 24.4 Å². The lowest BCUT2D eigenvalue weighted by Gasteiger charge is -2.06. The van der Waals surface area contributed by atoms with Crippen LogP contribution in [0.5, 0.6) is 5.75 Å². The number of hydrogen-bond acceptors (Lipinski definition) is 6. The fraction of sp³-hybridized carbons (Fsp3) is 0.333. The van der Waals surface area contributed by atoms with Crippen molar-refractivity contribution in [2.24, 2.45) is 5.10 Å². The van der Waals surface area contributed by atoms with Gasteiger partial charge in [0, 0.05) is 25.8 Å². The standard InChI is InChI=1S/C15H19N3O6/c1-23-8-4-7-16-14(21)15(22)18-17-9-11-5-2-3-6-12(11)24-10-13(19)20/h2-3,5-6,9H,4,7-8,10H2,1H3,(H,16,21)(H,18,22)(H,19,20)/b17-9-. The van der Waals surface area contributed by atoms with Crippen LogP contribution in [0.3, 0.4) is 0 Å². The Balaban J connectivity index is 2.50. The summed E-state index contributed by atoms with van der Waals surface area (Å²) in [5.41, 5.74) is 2.54. The van der Waals surface area contributed by atoms with Gasteiger partial charge in [0.1, 0.15) is 5.75 Å². The number of nitrogens with one attached hydrogen (secondary N) is 2. The number of carboxylic acids is 1. The number of carbonyl (C=O) groups is 3. The van der Waals surface area contributed by atoms with Crippen LogP contribution < -0.4 is 15.5 Å². The van der Waals surface area contributed by atoms with E-state index in [4.69, 9.17) is 14.6 Å². The second-order valence-corrected chi connectivity index (χ2v) is 4.52. The molecule has 0 fully saturated rings. The van der Waals surface area contributed by atoms with Crippen molar-refractivity contribution >= 4 is 24.0 Å². The van der Waals surface area contributed by atoms with Crippen molar-refractivity contribution in [3.8, 4) is 5.75 Å². The number of hydrazone groups is 1. The summed E-state index contributed by atoms with van der Waals surface area (Å²) < 4.78 is 9.90. The summed E-state index contributed by atoms with van der Waals surface area (Å²) in [6, 6.07) is 6.55. The Morgan fingerprint density at radius 1 is 1.25 bits per heavy atom. The minimum Gasteiger partial charge on any atom is -0.481 e. The Bertz CT molecular complexity index is 603. The van der Waals surface area contributed by atoms with Gasteiger partial charge in [-0.25, -0.2) is 10.2 Å². The smallest absolute Gasteiger partial charge is 0.341 e. The molecule has 0 spiro atoms. The first-order chi connectivity index (χ1) is 11.5. The number of nitrogens with zero attached hydrogens (tertiary/aromatic N) is 1. The lowest BCUT2D eigenvalue weighted by molar-refractivity contribution is -0.139. The maximum Gasteiger partial charge on any atom is 0.341 e. The summed E-state index contributed by atoms with van der Waals surface area (Å²) in [6.07, 6.45) is 1.85. The topological polar surface area (TPSA) is 126 Å². The van der Waals surface area contributed by atoms with E-state index in [0.717, 1.165) is 0 Å². The van der Waals surface area contributed by atoms with Crippen LogP contribution >= 0.6 is 0 Å². The Morgan fingerprint density at radius 2 is 2.00 bits per heavy atom. The molecule has 3 N–H and O–H groups in total. The van der Waals surface area contributed by atoms with Gasteiger partial charge < -0.3 is 19.9 Å². The average molecular weight is 337 g/mol. The van der Waals surface area contributed by atoms with Gasteiger partial charge in [-0.1, -0.05) is 12.1 Å². The summed E-state index contributed by atoms with van der Waals surface area (Å²) >= 11 is 0. The van der Waals surface area contributed by atoms with Crippen molar-refractivity contribution < 1.29 is 29.0 Å². The summed E-state index contributed by atoms with van der Waals surface area (Å²) in [5.74, 6) is -2.53. The van der Waals surface area contributed by atoms with Crippen LogP contribution in [0.1, 0.15) is 12.0 Å². The molecule has 0 unspecified atom stereocenters. The molecular formula is C15H19N3O6. The van der Waals surface area contributed by atoms with Crippen molar-refractivity contribution in [2.75, 3.05) is 26.9 Å².